The number of thiazole rings is 1. The lowest BCUT2D eigenvalue weighted by molar-refractivity contribution is 0.152. The van der Waals surface area contributed by atoms with Gasteiger partial charge in [0.05, 0.1) is 15.7 Å². The third-order valence-electron chi connectivity index (χ3n) is 6.40. The monoisotopic (exact) mass is 393 g/mol. The van der Waals surface area contributed by atoms with Crippen molar-refractivity contribution in [3.63, 3.8) is 0 Å². The lowest BCUT2D eigenvalue weighted by Crippen LogP contribution is -2.26. The number of halogens is 2. The molecular weight excluding hydrogens is 373 g/mol. The summed E-state index contributed by atoms with van der Waals surface area (Å²) in [5.41, 5.74) is 7.03. The van der Waals surface area contributed by atoms with Gasteiger partial charge in [0.2, 0.25) is 5.13 Å². The van der Waals surface area contributed by atoms with E-state index in [9.17, 15) is 0 Å². The van der Waals surface area contributed by atoms with Gasteiger partial charge in [0.1, 0.15) is 0 Å². The highest BCUT2D eigenvalue weighted by Gasteiger charge is 2.59. The summed E-state index contributed by atoms with van der Waals surface area (Å²) in [6.45, 7) is 7.18. The third-order valence-corrected chi connectivity index (χ3v) is 7.89. The van der Waals surface area contributed by atoms with Crippen molar-refractivity contribution in [3.05, 3.63) is 33.6 Å². The van der Waals surface area contributed by atoms with E-state index in [0.29, 0.717) is 26.8 Å². The molecule has 2 aliphatic carbocycles. The number of rotatable bonds is 3. The molecule has 2 bridgehead atoms. The van der Waals surface area contributed by atoms with Crippen LogP contribution in [0.2, 0.25) is 10.0 Å². The van der Waals surface area contributed by atoms with E-state index in [-0.39, 0.29) is 0 Å². The van der Waals surface area contributed by atoms with Gasteiger partial charge in [0.15, 0.2) is 0 Å². The highest BCUT2D eigenvalue weighted by molar-refractivity contribution is 7.14. The second-order valence-corrected chi connectivity index (χ2v) is 9.60. The molecule has 2 saturated carbocycles. The zero-order valence-electron chi connectivity index (χ0n) is 14.6. The quantitative estimate of drug-likeness (QED) is 0.586. The fourth-order valence-electron chi connectivity index (χ4n) is 4.34. The number of fused-ring (bicyclic) bond motifs is 2. The number of aromatic nitrogens is 1. The first kappa shape index (κ1) is 17.3. The van der Waals surface area contributed by atoms with Crippen LogP contribution in [0.4, 0.5) is 5.13 Å². The Labute approximate surface area is 162 Å². The average molecular weight is 394 g/mol. The maximum Gasteiger partial charge on any atom is 0.203 e. The van der Waals surface area contributed by atoms with Crippen LogP contribution >= 0.6 is 34.5 Å². The van der Waals surface area contributed by atoms with Crippen LogP contribution < -0.4 is 5.43 Å². The molecule has 0 spiro atoms. The maximum atomic E-state index is 6.10. The van der Waals surface area contributed by atoms with Gasteiger partial charge < -0.3 is 0 Å². The molecule has 3 nitrogen and oxygen atoms in total. The van der Waals surface area contributed by atoms with E-state index in [4.69, 9.17) is 28.3 Å². The molecule has 4 rings (SSSR count). The number of anilines is 1. The number of nitrogens with one attached hydrogen (secondary N) is 1. The molecule has 2 aromatic rings. The van der Waals surface area contributed by atoms with Gasteiger partial charge in [0, 0.05) is 22.6 Å². The number of hydrogen-bond donors (Lipinski definition) is 1. The average Bonchev–Trinajstić information content (AvgIpc) is 3.17. The molecule has 0 aliphatic heterocycles. The number of hydrazone groups is 1. The summed E-state index contributed by atoms with van der Waals surface area (Å²) in [5.74, 6) is 0.583. The predicted octanol–water partition coefficient (Wildman–Crippen LogP) is 6.73. The van der Waals surface area contributed by atoms with Gasteiger partial charge in [0.25, 0.3) is 0 Å². The van der Waals surface area contributed by atoms with Crippen molar-refractivity contribution in [2.45, 2.75) is 40.0 Å². The Morgan fingerprint density at radius 3 is 2.68 bits per heavy atom. The van der Waals surface area contributed by atoms with Crippen LogP contribution in [0.1, 0.15) is 40.0 Å². The van der Waals surface area contributed by atoms with E-state index >= 15 is 0 Å². The van der Waals surface area contributed by atoms with E-state index in [0.717, 1.165) is 22.8 Å². The van der Waals surface area contributed by atoms with Crippen LogP contribution in [0, 0.1) is 16.7 Å². The van der Waals surface area contributed by atoms with Gasteiger partial charge in [-0.1, -0.05) is 50.0 Å². The molecule has 0 saturated heterocycles. The lowest BCUT2D eigenvalue weighted by Gasteiger charge is -2.33. The first-order chi connectivity index (χ1) is 11.8. The van der Waals surface area contributed by atoms with E-state index in [1.807, 2.05) is 17.5 Å². The molecule has 0 radical (unpaired) electrons. The molecule has 1 heterocycles. The first-order valence-corrected chi connectivity index (χ1v) is 10.2. The molecule has 25 heavy (non-hydrogen) atoms. The second-order valence-electron chi connectivity index (χ2n) is 7.93. The number of benzene rings is 1. The van der Waals surface area contributed by atoms with E-state index in [1.54, 1.807) is 17.4 Å². The molecule has 132 valence electrons. The summed E-state index contributed by atoms with van der Waals surface area (Å²) >= 11 is 13.6. The summed E-state index contributed by atoms with van der Waals surface area (Å²) < 4.78 is 0. The van der Waals surface area contributed by atoms with E-state index < -0.39 is 0 Å². The molecule has 2 atom stereocenters. The lowest BCUT2D eigenvalue weighted by atomic mass is 9.71. The van der Waals surface area contributed by atoms with Crippen LogP contribution in [0.15, 0.2) is 28.7 Å². The Bertz CT molecular complexity index is 855. The molecule has 1 N–H and O–H groups in total. The topological polar surface area (TPSA) is 37.3 Å². The van der Waals surface area contributed by atoms with Gasteiger partial charge in [-0.05, 0) is 42.2 Å². The Morgan fingerprint density at radius 1 is 1.24 bits per heavy atom. The van der Waals surface area contributed by atoms with E-state index in [1.165, 1.54) is 18.6 Å². The third kappa shape index (κ3) is 2.79. The van der Waals surface area contributed by atoms with Crippen molar-refractivity contribution in [2.75, 3.05) is 5.43 Å². The summed E-state index contributed by atoms with van der Waals surface area (Å²) in [6, 6.07) is 5.57. The molecule has 2 aliphatic rings. The summed E-state index contributed by atoms with van der Waals surface area (Å²) in [4.78, 5) is 4.63. The predicted molar refractivity (Wildman–Crippen MR) is 108 cm³/mol. The zero-order chi connectivity index (χ0) is 17.8. The van der Waals surface area contributed by atoms with Crippen LogP contribution in [0.25, 0.3) is 11.3 Å². The normalized spacial score (nSPS) is 28.7. The Kier molecular flexibility index (Phi) is 4.13. The molecule has 6 heteroatoms. The van der Waals surface area contributed by atoms with Crippen molar-refractivity contribution < 1.29 is 0 Å². The minimum Gasteiger partial charge on any atom is -0.253 e. The molecule has 1 aromatic heterocycles. The minimum atomic E-state index is 0.335. The van der Waals surface area contributed by atoms with Gasteiger partial charge >= 0.3 is 0 Å². The largest absolute Gasteiger partial charge is 0.253 e. The summed E-state index contributed by atoms with van der Waals surface area (Å²) in [6.07, 6.45) is 3.64. The summed E-state index contributed by atoms with van der Waals surface area (Å²) in [7, 11) is 0. The van der Waals surface area contributed by atoms with Crippen molar-refractivity contribution in [1.82, 2.24) is 4.98 Å². The van der Waals surface area contributed by atoms with Gasteiger partial charge in [-0.3, -0.25) is 5.43 Å². The molecule has 2 unspecified atom stereocenters. The molecule has 1 aromatic carbocycles. The highest BCUT2D eigenvalue weighted by Crippen LogP contribution is 2.64. The first-order valence-electron chi connectivity index (χ1n) is 8.54. The molecule has 0 amide bonds. The smallest absolute Gasteiger partial charge is 0.203 e. The fourth-order valence-corrected chi connectivity index (χ4v) is 5.30. The second kappa shape index (κ2) is 5.97. The molecule has 2 fully saturated rings. The molecular formula is C19H21Cl2N3S. The Hall–Kier alpha value is -1.10. The van der Waals surface area contributed by atoms with Crippen molar-refractivity contribution in [1.29, 1.82) is 0 Å². The van der Waals surface area contributed by atoms with Crippen LogP contribution in [0.3, 0.4) is 0 Å². The zero-order valence-corrected chi connectivity index (χ0v) is 16.9. The van der Waals surface area contributed by atoms with Crippen molar-refractivity contribution in [2.24, 2.45) is 21.8 Å². The SMILES string of the molecule is CC12CCC(C(=NNc3nc(-c4ccc(Cl)c(Cl)c4)cs3)C1)C2(C)C. The van der Waals surface area contributed by atoms with E-state index in [2.05, 4.69) is 31.2 Å². The summed E-state index contributed by atoms with van der Waals surface area (Å²) in [5, 5.41) is 8.63. The highest BCUT2D eigenvalue weighted by atomic mass is 35.5. The van der Waals surface area contributed by atoms with Crippen LogP contribution in [0.5, 0.6) is 0 Å². The maximum absolute atomic E-state index is 6.10. The van der Waals surface area contributed by atoms with Crippen molar-refractivity contribution in [3.8, 4) is 11.3 Å². The van der Waals surface area contributed by atoms with Gasteiger partial charge in [-0.15, -0.1) is 11.3 Å². The fraction of sp³-hybridized carbons (Fsp3) is 0.474. The van der Waals surface area contributed by atoms with Crippen LogP contribution in [-0.2, 0) is 0 Å². The van der Waals surface area contributed by atoms with Gasteiger partial charge in [-0.25, -0.2) is 4.98 Å². The minimum absolute atomic E-state index is 0.335. The standard InChI is InChI=1S/C19H21Cl2N3S/c1-18(2)12-6-7-19(18,3)9-15(12)23-24-17-22-16(10-25-17)11-4-5-13(20)14(21)8-11/h4-5,8,10,12H,6-7,9H2,1-3H3,(H,22,24). The Morgan fingerprint density at radius 2 is 2.04 bits per heavy atom. The van der Waals surface area contributed by atoms with Crippen molar-refractivity contribution >= 4 is 45.4 Å². The van der Waals surface area contributed by atoms with Crippen LogP contribution in [-0.4, -0.2) is 10.7 Å². The van der Waals surface area contributed by atoms with Gasteiger partial charge in [-0.2, -0.15) is 5.10 Å². The number of nitrogens with zero attached hydrogens (tertiary/aromatic N) is 2. The Balaban J connectivity index is 1.52. The number of hydrogen-bond acceptors (Lipinski definition) is 4.